The van der Waals surface area contributed by atoms with E-state index >= 15 is 0 Å². The van der Waals surface area contributed by atoms with E-state index in [1.54, 1.807) is 0 Å². The lowest BCUT2D eigenvalue weighted by Crippen LogP contribution is -2.40. The molecule has 0 bridgehead atoms. The van der Waals surface area contributed by atoms with E-state index in [9.17, 15) is 22.8 Å². The molecule has 0 saturated heterocycles. The van der Waals surface area contributed by atoms with Crippen LogP contribution < -0.4 is 10.1 Å². The predicted octanol–water partition coefficient (Wildman–Crippen LogP) is 2.49. The topological polar surface area (TPSA) is 78.9 Å². The molecule has 1 unspecified atom stereocenters. The summed E-state index contributed by atoms with van der Waals surface area (Å²) < 4.78 is 40.7. The van der Waals surface area contributed by atoms with Crippen LogP contribution in [0.1, 0.15) is 12.5 Å². The van der Waals surface area contributed by atoms with Crippen LogP contribution in [0.15, 0.2) is 24.3 Å². The lowest BCUT2D eigenvalue weighted by molar-refractivity contribution is -0.153. The molecule has 1 aromatic carbocycles. The van der Waals surface area contributed by atoms with Crippen molar-refractivity contribution in [2.24, 2.45) is 5.92 Å². The van der Waals surface area contributed by atoms with E-state index in [1.807, 2.05) is 0 Å². The van der Waals surface area contributed by atoms with Crippen LogP contribution in [-0.2, 0) is 11.3 Å². The summed E-state index contributed by atoms with van der Waals surface area (Å²) in [5.74, 6) is -1.61. The Morgan fingerprint density at radius 1 is 1.29 bits per heavy atom. The van der Waals surface area contributed by atoms with E-state index in [1.165, 1.54) is 43.1 Å². The third-order valence-corrected chi connectivity index (χ3v) is 3.09. The maximum Gasteiger partial charge on any atom is 0.422 e. The Hall–Kier alpha value is -2.45. The molecule has 9 heteroatoms. The van der Waals surface area contributed by atoms with Crippen molar-refractivity contribution in [1.82, 2.24) is 10.2 Å². The first-order valence-electron chi connectivity index (χ1n) is 7.08. The Kier molecular flexibility index (Phi) is 6.87. The Balaban J connectivity index is 2.44. The summed E-state index contributed by atoms with van der Waals surface area (Å²) in [5, 5.41) is 11.4. The van der Waals surface area contributed by atoms with E-state index in [2.05, 4.69) is 10.1 Å². The monoisotopic (exact) mass is 348 g/mol. The number of halogens is 3. The molecule has 1 atom stereocenters. The number of carboxylic acids is 1. The molecule has 134 valence electrons. The first-order valence-corrected chi connectivity index (χ1v) is 7.08. The van der Waals surface area contributed by atoms with Crippen molar-refractivity contribution in [2.75, 3.05) is 20.2 Å². The van der Waals surface area contributed by atoms with E-state index < -0.39 is 30.7 Å². The number of aliphatic carboxylic acids is 1. The average molecular weight is 348 g/mol. The van der Waals surface area contributed by atoms with Crippen molar-refractivity contribution < 1.29 is 32.6 Å². The van der Waals surface area contributed by atoms with Gasteiger partial charge < -0.3 is 20.1 Å². The number of nitrogens with one attached hydrogen (secondary N) is 1. The maximum atomic E-state index is 12.0. The van der Waals surface area contributed by atoms with Crippen molar-refractivity contribution in [3.63, 3.8) is 0 Å². The number of alkyl halides is 3. The van der Waals surface area contributed by atoms with Gasteiger partial charge in [0, 0.05) is 20.1 Å². The normalized spacial score (nSPS) is 12.4. The fourth-order valence-electron chi connectivity index (χ4n) is 1.75. The van der Waals surface area contributed by atoms with Crippen molar-refractivity contribution in [3.05, 3.63) is 29.8 Å². The van der Waals surface area contributed by atoms with Gasteiger partial charge in [-0.15, -0.1) is 0 Å². The highest BCUT2D eigenvalue weighted by atomic mass is 19.4. The largest absolute Gasteiger partial charge is 0.484 e. The van der Waals surface area contributed by atoms with Gasteiger partial charge in [-0.25, -0.2) is 4.79 Å². The average Bonchev–Trinajstić information content (AvgIpc) is 2.50. The lowest BCUT2D eigenvalue weighted by Gasteiger charge is -2.20. The van der Waals surface area contributed by atoms with Crippen LogP contribution in [0.5, 0.6) is 5.75 Å². The van der Waals surface area contributed by atoms with Crippen LogP contribution in [-0.4, -0.2) is 48.4 Å². The fraction of sp³-hybridized carbons (Fsp3) is 0.467. The Labute approximate surface area is 137 Å². The number of nitrogens with zero attached hydrogens (tertiary/aromatic N) is 1. The first kappa shape index (κ1) is 19.6. The quantitative estimate of drug-likeness (QED) is 0.793. The lowest BCUT2D eigenvalue weighted by atomic mass is 10.2. The van der Waals surface area contributed by atoms with Crippen LogP contribution >= 0.6 is 0 Å². The zero-order valence-electron chi connectivity index (χ0n) is 13.3. The van der Waals surface area contributed by atoms with E-state index in [0.29, 0.717) is 5.56 Å². The van der Waals surface area contributed by atoms with Crippen molar-refractivity contribution in [1.29, 1.82) is 0 Å². The molecule has 0 heterocycles. The number of ether oxygens (including phenoxy) is 1. The molecule has 0 aliphatic carbocycles. The van der Waals surface area contributed by atoms with Crippen molar-refractivity contribution in [3.8, 4) is 5.75 Å². The predicted molar refractivity (Wildman–Crippen MR) is 79.7 cm³/mol. The highest BCUT2D eigenvalue weighted by Gasteiger charge is 2.28. The molecule has 6 nitrogen and oxygen atoms in total. The molecular formula is C15H19F3N2O4. The van der Waals surface area contributed by atoms with Gasteiger partial charge in [0.15, 0.2) is 6.61 Å². The van der Waals surface area contributed by atoms with Crippen LogP contribution in [0, 0.1) is 5.92 Å². The third-order valence-electron chi connectivity index (χ3n) is 3.09. The zero-order chi connectivity index (χ0) is 18.3. The smallest absolute Gasteiger partial charge is 0.422 e. The molecular weight excluding hydrogens is 329 g/mol. The number of rotatable bonds is 7. The first-order chi connectivity index (χ1) is 11.1. The summed E-state index contributed by atoms with van der Waals surface area (Å²) in [6.45, 7) is 0.344. The van der Waals surface area contributed by atoms with E-state index in [4.69, 9.17) is 5.11 Å². The Morgan fingerprint density at radius 2 is 1.88 bits per heavy atom. The minimum absolute atomic E-state index is 0.0609. The standard InChI is InChI=1S/C15H19F3N2O4/c1-10(13(21)22)8-20(2)14(23)19-7-11-3-5-12(6-4-11)24-9-15(16,17)18/h3-6,10H,7-9H2,1-2H3,(H,19,23)(H,21,22). The summed E-state index contributed by atoms with van der Waals surface area (Å²) in [6, 6.07) is 5.38. The molecule has 0 aliphatic heterocycles. The minimum Gasteiger partial charge on any atom is -0.484 e. The molecule has 2 N–H and O–H groups in total. The van der Waals surface area contributed by atoms with E-state index in [-0.39, 0.29) is 18.8 Å². The molecule has 1 aromatic rings. The van der Waals surface area contributed by atoms with Gasteiger partial charge in [-0.3, -0.25) is 4.79 Å². The second-order valence-electron chi connectivity index (χ2n) is 5.33. The van der Waals surface area contributed by atoms with Crippen molar-refractivity contribution >= 4 is 12.0 Å². The number of carboxylic acid groups (broad SMARTS) is 1. The van der Waals surface area contributed by atoms with Crippen LogP contribution in [0.4, 0.5) is 18.0 Å². The molecule has 0 radical (unpaired) electrons. The molecule has 2 amide bonds. The van der Waals surface area contributed by atoms with E-state index in [0.717, 1.165) is 0 Å². The third kappa shape index (κ3) is 7.21. The van der Waals surface area contributed by atoms with Gasteiger partial charge in [-0.1, -0.05) is 19.1 Å². The summed E-state index contributed by atoms with van der Waals surface area (Å²) in [5.41, 5.74) is 0.669. The molecule has 1 rings (SSSR count). The molecule has 0 saturated carbocycles. The van der Waals surface area contributed by atoms with Gasteiger partial charge in [0.1, 0.15) is 5.75 Å². The van der Waals surface area contributed by atoms with Gasteiger partial charge in [-0.2, -0.15) is 13.2 Å². The number of carbonyl (C=O) groups excluding carboxylic acids is 1. The fourth-order valence-corrected chi connectivity index (χ4v) is 1.75. The van der Waals surface area contributed by atoms with Crippen LogP contribution in [0.3, 0.4) is 0 Å². The number of amides is 2. The maximum absolute atomic E-state index is 12.0. The molecule has 24 heavy (non-hydrogen) atoms. The number of hydrogen-bond donors (Lipinski definition) is 2. The zero-order valence-corrected chi connectivity index (χ0v) is 13.3. The van der Waals surface area contributed by atoms with Crippen LogP contribution in [0.25, 0.3) is 0 Å². The highest BCUT2D eigenvalue weighted by Crippen LogP contribution is 2.18. The number of hydrogen-bond acceptors (Lipinski definition) is 3. The number of benzene rings is 1. The second kappa shape index (κ2) is 8.42. The Bertz CT molecular complexity index is 561. The van der Waals surface area contributed by atoms with Gasteiger partial charge in [0.2, 0.25) is 0 Å². The molecule has 0 aliphatic rings. The Morgan fingerprint density at radius 3 is 2.38 bits per heavy atom. The second-order valence-corrected chi connectivity index (χ2v) is 5.33. The van der Waals surface area contributed by atoms with Crippen LogP contribution in [0.2, 0.25) is 0 Å². The molecule has 0 fully saturated rings. The molecule has 0 spiro atoms. The van der Waals surface area contributed by atoms with Crippen molar-refractivity contribution in [2.45, 2.75) is 19.6 Å². The highest BCUT2D eigenvalue weighted by molar-refractivity contribution is 5.75. The van der Waals surface area contributed by atoms with Gasteiger partial charge in [0.25, 0.3) is 0 Å². The number of urea groups is 1. The molecule has 0 aromatic heterocycles. The number of carbonyl (C=O) groups is 2. The summed E-state index contributed by atoms with van der Waals surface area (Å²) in [4.78, 5) is 23.8. The van der Waals surface area contributed by atoms with Gasteiger partial charge in [-0.05, 0) is 17.7 Å². The van der Waals surface area contributed by atoms with Gasteiger partial charge >= 0.3 is 18.2 Å². The minimum atomic E-state index is -4.40. The SMILES string of the molecule is CC(CN(C)C(=O)NCc1ccc(OCC(F)(F)F)cc1)C(=O)O. The van der Waals surface area contributed by atoms with Gasteiger partial charge in [0.05, 0.1) is 5.92 Å². The summed E-state index contributed by atoms with van der Waals surface area (Å²) in [6.07, 6.45) is -4.40. The summed E-state index contributed by atoms with van der Waals surface area (Å²) in [7, 11) is 1.48. The summed E-state index contributed by atoms with van der Waals surface area (Å²) >= 11 is 0.